The number of fused-ring (bicyclic) bond motifs is 2. The molecule has 2 N–H and O–H groups in total. The number of aromatic nitrogens is 1. The third-order valence-corrected chi connectivity index (χ3v) is 6.26. The number of hydrogen-bond acceptors (Lipinski definition) is 3. The number of benzene rings is 3. The van der Waals surface area contributed by atoms with Crippen LogP contribution in [0.2, 0.25) is 0 Å². The summed E-state index contributed by atoms with van der Waals surface area (Å²) in [6.07, 6.45) is 2.89. The van der Waals surface area contributed by atoms with Crippen molar-refractivity contribution in [3.05, 3.63) is 72.4 Å². The van der Waals surface area contributed by atoms with E-state index in [-0.39, 0.29) is 4.90 Å². The van der Waals surface area contributed by atoms with E-state index < -0.39 is 10.0 Å². The minimum absolute atomic E-state index is 0.258. The Balaban J connectivity index is 1.64. The number of hydrogen-bond donors (Lipinski definition) is 2. The summed E-state index contributed by atoms with van der Waals surface area (Å²) in [6, 6.07) is 18.5. The number of anilines is 1. The van der Waals surface area contributed by atoms with Crippen molar-refractivity contribution in [3.8, 4) is 0 Å². The van der Waals surface area contributed by atoms with E-state index in [4.69, 9.17) is 0 Å². The fraction of sp³-hybridized carbons (Fsp3) is 0.182. The molecule has 4 rings (SSSR count). The quantitative estimate of drug-likeness (QED) is 0.515. The molecule has 0 fully saturated rings. The molecule has 0 spiro atoms. The smallest absolute Gasteiger partial charge is 0.261 e. The lowest BCUT2D eigenvalue weighted by molar-refractivity contribution is 0.414. The molecule has 0 saturated heterocycles. The maximum atomic E-state index is 12.9. The molecule has 4 aromatic rings. The van der Waals surface area contributed by atoms with Crippen LogP contribution in [-0.2, 0) is 16.4 Å². The molecule has 0 aliphatic heterocycles. The zero-order valence-electron chi connectivity index (χ0n) is 15.9. The highest BCUT2D eigenvalue weighted by Crippen LogP contribution is 2.26. The SMILES string of the molecule is CN(C)CCc1c[nH]c2ccc(NS(=O)(=O)c3ccc4ccccc4c3)cc12. The molecule has 144 valence electrons. The van der Waals surface area contributed by atoms with Gasteiger partial charge in [0.1, 0.15) is 0 Å². The van der Waals surface area contributed by atoms with Gasteiger partial charge >= 0.3 is 0 Å². The maximum Gasteiger partial charge on any atom is 0.261 e. The fourth-order valence-electron chi connectivity index (χ4n) is 3.34. The van der Waals surface area contributed by atoms with E-state index in [9.17, 15) is 8.42 Å². The molecule has 0 atom stereocenters. The second-order valence-electron chi connectivity index (χ2n) is 7.24. The molecule has 0 aliphatic carbocycles. The van der Waals surface area contributed by atoms with Crippen LogP contribution < -0.4 is 4.72 Å². The molecule has 0 amide bonds. The number of nitrogens with zero attached hydrogens (tertiary/aromatic N) is 1. The fourth-order valence-corrected chi connectivity index (χ4v) is 4.43. The minimum atomic E-state index is -3.66. The van der Waals surface area contributed by atoms with Crippen LogP contribution in [0, 0.1) is 0 Å². The average molecular weight is 394 g/mol. The zero-order valence-corrected chi connectivity index (χ0v) is 16.8. The number of likely N-dealkylation sites (N-methyl/N-ethyl adjacent to an activating group) is 1. The standard InChI is InChI=1S/C22H23N3O2S/c1-25(2)12-11-18-15-23-22-10-8-19(14-21(18)22)24-28(26,27)20-9-7-16-5-3-4-6-17(16)13-20/h3-10,13-15,23-24H,11-12H2,1-2H3. The van der Waals surface area contributed by atoms with E-state index in [1.807, 2.05) is 62.8 Å². The summed E-state index contributed by atoms with van der Waals surface area (Å²) in [5.41, 5.74) is 2.74. The first-order valence-corrected chi connectivity index (χ1v) is 10.7. The van der Waals surface area contributed by atoms with Crippen LogP contribution in [0.4, 0.5) is 5.69 Å². The molecule has 6 heteroatoms. The van der Waals surface area contributed by atoms with Gasteiger partial charge in [-0.25, -0.2) is 8.42 Å². The molecule has 0 radical (unpaired) electrons. The molecule has 0 unspecified atom stereocenters. The average Bonchev–Trinajstić information content (AvgIpc) is 3.08. The van der Waals surface area contributed by atoms with Gasteiger partial charge in [-0.2, -0.15) is 0 Å². The van der Waals surface area contributed by atoms with Crippen molar-refractivity contribution in [2.24, 2.45) is 0 Å². The Hall–Kier alpha value is -2.83. The predicted molar refractivity (Wildman–Crippen MR) is 115 cm³/mol. The highest BCUT2D eigenvalue weighted by Gasteiger charge is 2.15. The molecule has 1 heterocycles. The molecule has 28 heavy (non-hydrogen) atoms. The summed E-state index contributed by atoms with van der Waals surface area (Å²) in [7, 11) is 0.416. The van der Waals surface area contributed by atoms with Gasteiger partial charge in [-0.1, -0.05) is 30.3 Å². The van der Waals surface area contributed by atoms with Crippen LogP contribution in [-0.4, -0.2) is 38.9 Å². The van der Waals surface area contributed by atoms with Crippen LogP contribution >= 0.6 is 0 Å². The maximum absolute atomic E-state index is 12.9. The largest absolute Gasteiger partial charge is 0.361 e. The summed E-state index contributed by atoms with van der Waals surface area (Å²) < 4.78 is 28.5. The van der Waals surface area contributed by atoms with Crippen molar-refractivity contribution in [2.45, 2.75) is 11.3 Å². The third kappa shape index (κ3) is 3.74. The van der Waals surface area contributed by atoms with Crippen molar-refractivity contribution in [3.63, 3.8) is 0 Å². The predicted octanol–water partition coefficient (Wildman–Crippen LogP) is 4.23. The number of rotatable bonds is 6. The topological polar surface area (TPSA) is 65.2 Å². The van der Waals surface area contributed by atoms with Gasteiger partial charge in [0.05, 0.1) is 4.90 Å². The van der Waals surface area contributed by atoms with Crippen molar-refractivity contribution in [2.75, 3.05) is 25.4 Å². The number of sulfonamides is 1. The first-order valence-electron chi connectivity index (χ1n) is 9.19. The number of H-pyrrole nitrogens is 1. The van der Waals surface area contributed by atoms with Gasteiger partial charge in [0, 0.05) is 29.3 Å². The van der Waals surface area contributed by atoms with Gasteiger partial charge in [-0.3, -0.25) is 4.72 Å². The van der Waals surface area contributed by atoms with E-state index in [1.54, 1.807) is 18.2 Å². The van der Waals surface area contributed by atoms with E-state index >= 15 is 0 Å². The second-order valence-corrected chi connectivity index (χ2v) is 8.92. The molecule has 1 aromatic heterocycles. The Morgan fingerprint density at radius 1 is 0.964 bits per heavy atom. The summed E-state index contributed by atoms with van der Waals surface area (Å²) in [4.78, 5) is 5.65. The second kappa shape index (κ2) is 7.30. The Morgan fingerprint density at radius 3 is 2.54 bits per heavy atom. The Labute approximate surface area is 165 Å². The van der Waals surface area contributed by atoms with Gasteiger partial charge in [-0.05, 0) is 67.2 Å². The highest BCUT2D eigenvalue weighted by atomic mass is 32.2. The zero-order chi connectivity index (χ0) is 19.7. The van der Waals surface area contributed by atoms with Crippen molar-refractivity contribution < 1.29 is 8.42 Å². The van der Waals surface area contributed by atoms with Crippen molar-refractivity contribution >= 4 is 37.4 Å². The first-order chi connectivity index (χ1) is 13.4. The summed E-state index contributed by atoms with van der Waals surface area (Å²) in [6.45, 7) is 0.931. The van der Waals surface area contributed by atoms with E-state index in [2.05, 4.69) is 14.6 Å². The third-order valence-electron chi connectivity index (χ3n) is 4.88. The molecule has 0 saturated carbocycles. The van der Waals surface area contributed by atoms with Crippen molar-refractivity contribution in [1.29, 1.82) is 0 Å². The first kappa shape index (κ1) is 18.5. The Bertz CT molecular complexity index is 1240. The summed E-state index contributed by atoms with van der Waals surface area (Å²) in [5, 5.41) is 2.96. The van der Waals surface area contributed by atoms with Crippen LogP contribution in [0.1, 0.15) is 5.56 Å². The Kier molecular flexibility index (Phi) is 4.83. The Morgan fingerprint density at radius 2 is 1.75 bits per heavy atom. The molecule has 0 aliphatic rings. The highest BCUT2D eigenvalue weighted by molar-refractivity contribution is 7.92. The molecule has 0 bridgehead atoms. The monoisotopic (exact) mass is 393 g/mol. The van der Waals surface area contributed by atoms with E-state index in [1.165, 1.54) is 5.56 Å². The lowest BCUT2D eigenvalue weighted by atomic mass is 10.1. The van der Waals surface area contributed by atoms with Crippen LogP contribution in [0.5, 0.6) is 0 Å². The summed E-state index contributed by atoms with van der Waals surface area (Å²) >= 11 is 0. The van der Waals surface area contributed by atoms with E-state index in [0.29, 0.717) is 5.69 Å². The van der Waals surface area contributed by atoms with Gasteiger partial charge in [0.25, 0.3) is 10.0 Å². The van der Waals surface area contributed by atoms with Gasteiger partial charge < -0.3 is 9.88 Å². The number of aromatic amines is 1. The van der Waals surface area contributed by atoms with Crippen LogP contribution in [0.3, 0.4) is 0 Å². The lowest BCUT2D eigenvalue weighted by Gasteiger charge is -2.10. The molecule has 3 aromatic carbocycles. The van der Waals surface area contributed by atoms with Gasteiger partial charge in [0.2, 0.25) is 0 Å². The molecular weight excluding hydrogens is 370 g/mol. The number of nitrogens with one attached hydrogen (secondary N) is 2. The van der Waals surface area contributed by atoms with Gasteiger partial charge in [-0.15, -0.1) is 0 Å². The normalized spacial score (nSPS) is 12.1. The van der Waals surface area contributed by atoms with E-state index in [0.717, 1.165) is 34.6 Å². The van der Waals surface area contributed by atoms with Crippen LogP contribution in [0.25, 0.3) is 21.7 Å². The lowest BCUT2D eigenvalue weighted by Crippen LogP contribution is -2.15. The molecular formula is C22H23N3O2S. The minimum Gasteiger partial charge on any atom is -0.361 e. The van der Waals surface area contributed by atoms with Gasteiger partial charge in [0.15, 0.2) is 0 Å². The van der Waals surface area contributed by atoms with Crippen LogP contribution in [0.15, 0.2) is 71.8 Å². The van der Waals surface area contributed by atoms with Crippen molar-refractivity contribution in [1.82, 2.24) is 9.88 Å². The summed E-state index contributed by atoms with van der Waals surface area (Å²) in [5.74, 6) is 0. The molecule has 5 nitrogen and oxygen atoms in total.